The normalized spacial score (nSPS) is 13.1. The minimum atomic E-state index is 0.109. The number of guanidine groups is 1. The summed E-state index contributed by atoms with van der Waals surface area (Å²) in [4.78, 5) is 6.66. The molecule has 0 amide bonds. The first-order valence-corrected chi connectivity index (χ1v) is 12.1. The molecule has 0 saturated heterocycles. The summed E-state index contributed by atoms with van der Waals surface area (Å²) in [6, 6.07) is 22.5. The zero-order valence-corrected chi connectivity index (χ0v) is 21.6. The van der Waals surface area contributed by atoms with E-state index in [2.05, 4.69) is 88.1 Å². The van der Waals surface area contributed by atoms with Crippen LogP contribution in [0, 0.1) is 0 Å². The van der Waals surface area contributed by atoms with Crippen molar-refractivity contribution in [2.75, 3.05) is 4.90 Å². The lowest BCUT2D eigenvalue weighted by molar-refractivity contribution is 0.590. The van der Waals surface area contributed by atoms with Crippen LogP contribution in [0.15, 0.2) is 71.7 Å². The van der Waals surface area contributed by atoms with Crippen LogP contribution in [0.2, 0.25) is 10.0 Å². The van der Waals surface area contributed by atoms with Crippen molar-refractivity contribution in [1.29, 1.82) is 0 Å². The molecule has 174 valence electrons. The lowest BCUT2D eigenvalue weighted by atomic mass is 9.87. The molecule has 5 heteroatoms. The van der Waals surface area contributed by atoms with Gasteiger partial charge in [-0.05, 0) is 64.8 Å². The smallest absolute Gasteiger partial charge is 0.201 e. The van der Waals surface area contributed by atoms with Gasteiger partial charge in [-0.15, -0.1) is 0 Å². The number of aliphatic imine (C=N–C) groups is 1. The number of hydrogen-bond acceptors (Lipinski definition) is 1. The monoisotopic (exact) mass is 481 g/mol. The van der Waals surface area contributed by atoms with E-state index in [0.29, 0.717) is 34.2 Å². The molecule has 1 unspecified atom stereocenters. The number of anilines is 1. The van der Waals surface area contributed by atoms with Gasteiger partial charge in [0.1, 0.15) is 0 Å². The van der Waals surface area contributed by atoms with Gasteiger partial charge in [-0.25, -0.2) is 4.99 Å². The van der Waals surface area contributed by atoms with Crippen molar-refractivity contribution in [2.45, 2.75) is 58.9 Å². The molecule has 0 fully saturated rings. The van der Waals surface area contributed by atoms with Gasteiger partial charge in [0.15, 0.2) is 0 Å². The molecule has 0 saturated carbocycles. The van der Waals surface area contributed by atoms with Crippen LogP contribution in [0.25, 0.3) is 0 Å². The first-order valence-electron chi connectivity index (χ1n) is 11.3. The first-order chi connectivity index (χ1) is 15.6. The summed E-state index contributed by atoms with van der Waals surface area (Å²) in [5.41, 5.74) is 12.1. The largest absolute Gasteiger partial charge is 0.369 e. The molecule has 0 aliphatic heterocycles. The van der Waals surface area contributed by atoms with E-state index in [9.17, 15) is 0 Å². The van der Waals surface area contributed by atoms with Crippen molar-refractivity contribution in [3.63, 3.8) is 0 Å². The first kappa shape index (κ1) is 25.1. The van der Waals surface area contributed by atoms with E-state index in [-0.39, 0.29) is 5.41 Å². The molecule has 2 N–H and O–H groups in total. The van der Waals surface area contributed by atoms with Gasteiger partial charge in [0.25, 0.3) is 0 Å². The van der Waals surface area contributed by atoms with Crippen LogP contribution >= 0.6 is 23.2 Å². The molecule has 3 aromatic carbocycles. The van der Waals surface area contributed by atoms with Gasteiger partial charge >= 0.3 is 0 Å². The van der Waals surface area contributed by atoms with Crippen LogP contribution < -0.4 is 10.6 Å². The van der Waals surface area contributed by atoms with E-state index in [1.165, 1.54) is 11.1 Å². The zero-order valence-electron chi connectivity index (χ0n) is 20.1. The van der Waals surface area contributed by atoms with Crippen molar-refractivity contribution in [2.24, 2.45) is 10.7 Å². The maximum Gasteiger partial charge on any atom is 0.201 e. The molecule has 3 rings (SSSR count). The van der Waals surface area contributed by atoms with Gasteiger partial charge in [0, 0.05) is 5.69 Å². The number of nitrogens with zero attached hydrogens (tertiary/aromatic N) is 2. The van der Waals surface area contributed by atoms with Crippen molar-refractivity contribution in [3.05, 3.63) is 93.5 Å². The fourth-order valence-electron chi connectivity index (χ4n) is 3.56. The molecular formula is C28H33Cl2N3. The zero-order chi connectivity index (χ0) is 24.2. The minimum absolute atomic E-state index is 0.109. The summed E-state index contributed by atoms with van der Waals surface area (Å²) in [6.07, 6.45) is 1.10. The van der Waals surface area contributed by atoms with Gasteiger partial charge < -0.3 is 10.6 Å². The lowest BCUT2D eigenvalue weighted by Crippen LogP contribution is -2.36. The van der Waals surface area contributed by atoms with Crippen molar-refractivity contribution < 1.29 is 0 Å². The van der Waals surface area contributed by atoms with E-state index in [1.54, 1.807) is 12.1 Å². The second kappa shape index (κ2) is 10.6. The Morgan fingerprint density at radius 1 is 0.939 bits per heavy atom. The van der Waals surface area contributed by atoms with Crippen LogP contribution in [-0.4, -0.2) is 5.96 Å². The highest BCUT2D eigenvalue weighted by atomic mass is 35.5. The van der Waals surface area contributed by atoms with E-state index in [0.717, 1.165) is 17.7 Å². The molecule has 0 spiro atoms. The molecule has 3 nitrogen and oxygen atoms in total. The van der Waals surface area contributed by atoms with Crippen LogP contribution in [0.5, 0.6) is 0 Å². The highest BCUT2D eigenvalue weighted by Crippen LogP contribution is 2.28. The molecule has 3 aromatic rings. The minimum Gasteiger partial charge on any atom is -0.369 e. The number of halogens is 2. The predicted octanol–water partition coefficient (Wildman–Crippen LogP) is 8.46. The second-order valence-electron chi connectivity index (χ2n) is 9.50. The van der Waals surface area contributed by atoms with Crippen molar-refractivity contribution >= 4 is 40.5 Å². The number of benzene rings is 3. The fraction of sp³-hybridized carbons (Fsp3) is 0.321. The Morgan fingerprint density at radius 3 is 2.12 bits per heavy atom. The third kappa shape index (κ3) is 6.52. The molecule has 33 heavy (non-hydrogen) atoms. The Morgan fingerprint density at radius 2 is 1.58 bits per heavy atom. The van der Waals surface area contributed by atoms with E-state index < -0.39 is 0 Å². The maximum absolute atomic E-state index is 6.54. The fourth-order valence-corrected chi connectivity index (χ4v) is 3.86. The topological polar surface area (TPSA) is 41.6 Å². The van der Waals surface area contributed by atoms with E-state index in [4.69, 9.17) is 28.9 Å². The Balaban J connectivity index is 1.96. The quantitative estimate of drug-likeness (QED) is 0.283. The van der Waals surface area contributed by atoms with Crippen LogP contribution in [0.1, 0.15) is 63.6 Å². The number of hydrogen-bond donors (Lipinski definition) is 1. The summed E-state index contributed by atoms with van der Waals surface area (Å²) in [6.45, 7) is 11.7. The molecule has 0 aromatic heterocycles. The SMILES string of the molecule is CCC(C)c1ccc(N(Cc2ccc(C(C)(C)C)cc2)C(N)=Nc2ccc(Cl)c(Cl)c2)cc1. The van der Waals surface area contributed by atoms with Gasteiger partial charge in [0.05, 0.1) is 22.3 Å². The van der Waals surface area contributed by atoms with Crippen LogP contribution in [0.4, 0.5) is 11.4 Å². The van der Waals surface area contributed by atoms with Crippen LogP contribution in [-0.2, 0) is 12.0 Å². The third-order valence-corrected chi connectivity index (χ3v) is 6.71. The molecule has 1 atom stereocenters. The maximum atomic E-state index is 6.54. The summed E-state index contributed by atoms with van der Waals surface area (Å²) < 4.78 is 0. The standard InChI is InChI=1S/C28H33Cl2N3/c1-6-19(2)21-9-14-24(15-10-21)33(18-20-7-11-22(12-8-20)28(3,4)5)27(31)32-23-13-16-25(29)26(30)17-23/h7-17,19H,6,18H2,1-5H3,(H2,31,32). The highest BCUT2D eigenvalue weighted by molar-refractivity contribution is 6.42. The summed E-state index contributed by atoms with van der Waals surface area (Å²) in [5.74, 6) is 0.907. The predicted molar refractivity (Wildman–Crippen MR) is 144 cm³/mol. The Bertz CT molecular complexity index is 1100. The third-order valence-electron chi connectivity index (χ3n) is 5.97. The Hall–Kier alpha value is -2.49. The van der Waals surface area contributed by atoms with Crippen molar-refractivity contribution in [3.8, 4) is 0 Å². The molecule has 0 radical (unpaired) electrons. The second-order valence-corrected chi connectivity index (χ2v) is 10.3. The van der Waals surface area contributed by atoms with Gasteiger partial charge in [-0.2, -0.15) is 0 Å². The molecule has 0 aliphatic rings. The Kier molecular flexibility index (Phi) is 8.10. The van der Waals surface area contributed by atoms with Gasteiger partial charge in [-0.3, -0.25) is 0 Å². The van der Waals surface area contributed by atoms with Crippen molar-refractivity contribution in [1.82, 2.24) is 0 Å². The summed E-state index contributed by atoms with van der Waals surface area (Å²) in [5, 5.41) is 0.943. The van der Waals surface area contributed by atoms with Crippen LogP contribution in [0.3, 0.4) is 0 Å². The summed E-state index contributed by atoms with van der Waals surface area (Å²) in [7, 11) is 0. The number of nitrogens with two attached hydrogens (primary N) is 1. The summed E-state index contributed by atoms with van der Waals surface area (Å²) >= 11 is 12.2. The molecule has 0 bridgehead atoms. The molecular weight excluding hydrogens is 449 g/mol. The average molecular weight is 482 g/mol. The average Bonchev–Trinajstić information content (AvgIpc) is 2.79. The number of rotatable bonds is 6. The Labute approximate surface area is 208 Å². The van der Waals surface area contributed by atoms with Gasteiger partial charge in [0.2, 0.25) is 5.96 Å². The van der Waals surface area contributed by atoms with E-state index >= 15 is 0 Å². The molecule has 0 aliphatic carbocycles. The lowest BCUT2D eigenvalue weighted by Gasteiger charge is -2.25. The van der Waals surface area contributed by atoms with Gasteiger partial charge in [-0.1, -0.05) is 94.2 Å². The molecule has 0 heterocycles. The van der Waals surface area contributed by atoms with E-state index in [1.807, 2.05) is 11.0 Å². The highest BCUT2D eigenvalue weighted by Gasteiger charge is 2.16.